The smallest absolute Gasteiger partial charge is 0.116 e. The second-order valence-corrected chi connectivity index (χ2v) is 7.19. The molecule has 1 N–H and O–H groups in total. The van der Waals surface area contributed by atoms with Gasteiger partial charge in [-0.3, -0.25) is 4.98 Å². The van der Waals surface area contributed by atoms with Crippen molar-refractivity contribution in [3.63, 3.8) is 0 Å². The van der Waals surface area contributed by atoms with Gasteiger partial charge < -0.3 is 15.1 Å². The summed E-state index contributed by atoms with van der Waals surface area (Å²) in [5, 5.41) is 3.46. The maximum absolute atomic E-state index is 4.78. The van der Waals surface area contributed by atoms with Crippen LogP contribution in [0.4, 0.5) is 5.69 Å². The van der Waals surface area contributed by atoms with Crippen LogP contribution in [0, 0.1) is 5.92 Å². The molecule has 2 unspecified atom stereocenters. The van der Waals surface area contributed by atoms with Crippen molar-refractivity contribution < 1.29 is 0 Å². The molecule has 144 valence electrons. The van der Waals surface area contributed by atoms with E-state index in [1.54, 1.807) is 6.33 Å². The van der Waals surface area contributed by atoms with Gasteiger partial charge in [0.15, 0.2) is 0 Å². The first-order valence-electron chi connectivity index (χ1n) is 8.97. The molecule has 2 aliphatic heterocycles. The third-order valence-corrected chi connectivity index (χ3v) is 5.49. The number of aromatic nitrogens is 3. The van der Waals surface area contributed by atoms with Gasteiger partial charge in [0.25, 0.3) is 0 Å². The van der Waals surface area contributed by atoms with Crippen LogP contribution >= 0.6 is 24.8 Å². The molecule has 2 aromatic heterocycles. The molecule has 2 aliphatic rings. The summed E-state index contributed by atoms with van der Waals surface area (Å²) in [4.78, 5) is 18.7. The third kappa shape index (κ3) is 4.19. The highest BCUT2D eigenvalue weighted by atomic mass is 35.5. The molecule has 2 atom stereocenters. The van der Waals surface area contributed by atoms with E-state index in [9.17, 15) is 0 Å². The molecule has 6 nitrogen and oxygen atoms in total. The second-order valence-electron chi connectivity index (χ2n) is 7.19. The van der Waals surface area contributed by atoms with Crippen molar-refractivity contribution in [1.29, 1.82) is 0 Å². The molecule has 4 heterocycles. The minimum Gasteiger partial charge on any atom is -0.368 e. The summed E-state index contributed by atoms with van der Waals surface area (Å²) in [5.74, 6) is 1.05. The maximum atomic E-state index is 4.78. The lowest BCUT2D eigenvalue weighted by Gasteiger charge is -2.34. The number of pyridine rings is 1. The summed E-state index contributed by atoms with van der Waals surface area (Å²) in [6.07, 6.45) is 4.84. The minimum atomic E-state index is 0. The lowest BCUT2D eigenvalue weighted by molar-refractivity contribution is 0.313. The Morgan fingerprint density at radius 1 is 1.08 bits per heavy atom. The summed E-state index contributed by atoms with van der Waals surface area (Å²) in [7, 11) is 2.18. The van der Waals surface area contributed by atoms with E-state index in [2.05, 4.69) is 45.1 Å². The number of hydrogen-bond donors (Lipinski definition) is 1. The van der Waals surface area contributed by atoms with Gasteiger partial charge in [-0.1, -0.05) is 6.92 Å². The van der Waals surface area contributed by atoms with Crippen LogP contribution < -0.4 is 10.2 Å². The van der Waals surface area contributed by atoms with Crippen molar-refractivity contribution >= 4 is 41.5 Å². The molecule has 0 bridgehead atoms. The molecule has 0 saturated carbocycles. The van der Waals surface area contributed by atoms with Gasteiger partial charge in [0.2, 0.25) is 0 Å². The van der Waals surface area contributed by atoms with E-state index >= 15 is 0 Å². The molecule has 4 rings (SSSR count). The van der Waals surface area contributed by atoms with E-state index in [1.807, 2.05) is 6.20 Å². The Morgan fingerprint density at radius 2 is 1.85 bits per heavy atom. The fraction of sp³-hybridized carbons (Fsp3) is 0.611. The minimum absolute atomic E-state index is 0. The Labute approximate surface area is 167 Å². The molecule has 2 aromatic rings. The van der Waals surface area contributed by atoms with Crippen LogP contribution in [0.5, 0.6) is 0 Å². The quantitative estimate of drug-likeness (QED) is 0.837. The number of piperidine rings is 1. The average molecular weight is 399 g/mol. The number of piperazine rings is 1. The van der Waals surface area contributed by atoms with Gasteiger partial charge in [-0.15, -0.1) is 24.8 Å². The van der Waals surface area contributed by atoms with Crippen molar-refractivity contribution in [2.75, 3.05) is 51.2 Å². The Morgan fingerprint density at radius 3 is 2.58 bits per heavy atom. The first-order chi connectivity index (χ1) is 11.7. The normalized spacial score (nSPS) is 24.0. The van der Waals surface area contributed by atoms with Crippen LogP contribution in [0.3, 0.4) is 0 Å². The van der Waals surface area contributed by atoms with Crippen LogP contribution in [-0.2, 0) is 0 Å². The Kier molecular flexibility index (Phi) is 7.41. The zero-order valence-corrected chi connectivity index (χ0v) is 17.0. The van der Waals surface area contributed by atoms with Gasteiger partial charge in [-0.05, 0) is 38.5 Å². The van der Waals surface area contributed by atoms with Crippen LogP contribution in [0.25, 0.3) is 11.0 Å². The van der Waals surface area contributed by atoms with Gasteiger partial charge in [0.1, 0.15) is 11.8 Å². The zero-order chi connectivity index (χ0) is 16.5. The molecule has 0 radical (unpaired) electrons. The van der Waals surface area contributed by atoms with Crippen LogP contribution in [0.1, 0.15) is 25.0 Å². The van der Waals surface area contributed by atoms with E-state index in [-0.39, 0.29) is 24.8 Å². The maximum Gasteiger partial charge on any atom is 0.116 e. The summed E-state index contributed by atoms with van der Waals surface area (Å²) in [6.45, 7) is 8.69. The molecule has 0 spiro atoms. The summed E-state index contributed by atoms with van der Waals surface area (Å²) in [5.41, 5.74) is 4.26. The number of likely N-dealkylation sites (N-methyl/N-ethyl adjacent to an activating group) is 1. The molecular formula is C18H28Cl2N6. The number of nitrogens with one attached hydrogen (secondary N) is 1. The molecule has 2 fully saturated rings. The molecule has 8 heteroatoms. The van der Waals surface area contributed by atoms with Crippen molar-refractivity contribution in [1.82, 2.24) is 25.2 Å². The summed E-state index contributed by atoms with van der Waals surface area (Å²) < 4.78 is 0. The number of halogens is 2. The van der Waals surface area contributed by atoms with Gasteiger partial charge in [-0.25, -0.2) is 9.97 Å². The number of fused-ring (bicyclic) bond motifs is 1. The number of anilines is 1. The SMILES string of the molecule is CC1CNCCC1c1ncnc2cc(N3CCN(C)CC3)cnc12.Cl.Cl. The summed E-state index contributed by atoms with van der Waals surface area (Å²) >= 11 is 0. The van der Waals surface area contributed by atoms with Gasteiger partial charge in [-0.2, -0.15) is 0 Å². The highest BCUT2D eigenvalue weighted by Gasteiger charge is 2.26. The van der Waals surface area contributed by atoms with Crippen molar-refractivity contribution in [2.24, 2.45) is 5.92 Å². The number of nitrogens with zero attached hydrogens (tertiary/aromatic N) is 5. The molecule has 26 heavy (non-hydrogen) atoms. The fourth-order valence-corrected chi connectivity index (χ4v) is 3.88. The lowest BCUT2D eigenvalue weighted by Crippen LogP contribution is -2.44. The lowest BCUT2D eigenvalue weighted by atomic mass is 9.84. The zero-order valence-electron chi connectivity index (χ0n) is 15.4. The van der Waals surface area contributed by atoms with Crippen molar-refractivity contribution in [3.05, 3.63) is 24.3 Å². The topological polar surface area (TPSA) is 57.2 Å². The fourth-order valence-electron chi connectivity index (χ4n) is 3.88. The Balaban J connectivity index is 0.00000121. The highest BCUT2D eigenvalue weighted by molar-refractivity contribution is 5.85. The van der Waals surface area contributed by atoms with E-state index in [0.717, 1.165) is 62.4 Å². The first-order valence-corrected chi connectivity index (χ1v) is 8.97. The van der Waals surface area contributed by atoms with E-state index in [1.165, 1.54) is 5.69 Å². The predicted molar refractivity (Wildman–Crippen MR) is 111 cm³/mol. The van der Waals surface area contributed by atoms with Crippen LogP contribution in [0.15, 0.2) is 18.6 Å². The van der Waals surface area contributed by atoms with Crippen LogP contribution in [0.2, 0.25) is 0 Å². The second kappa shape index (κ2) is 9.13. The molecule has 0 amide bonds. The van der Waals surface area contributed by atoms with Gasteiger partial charge in [0.05, 0.1) is 23.1 Å². The van der Waals surface area contributed by atoms with Crippen molar-refractivity contribution in [2.45, 2.75) is 19.3 Å². The van der Waals surface area contributed by atoms with E-state index < -0.39 is 0 Å². The third-order valence-electron chi connectivity index (χ3n) is 5.49. The standard InChI is InChI=1S/C18H26N6.2ClH/c1-13-10-19-4-3-15(13)17-18-16(21-12-22-17)9-14(11-20-18)24-7-5-23(2)6-8-24;;/h9,11-13,15,19H,3-8,10H2,1-2H3;2*1H. The molecular weight excluding hydrogens is 371 g/mol. The number of rotatable bonds is 2. The van der Waals surface area contributed by atoms with E-state index in [0.29, 0.717) is 11.8 Å². The molecule has 0 aromatic carbocycles. The first kappa shape index (κ1) is 21.1. The average Bonchev–Trinajstić information content (AvgIpc) is 2.62. The predicted octanol–water partition coefficient (Wildman–Crippen LogP) is 2.33. The van der Waals surface area contributed by atoms with E-state index in [4.69, 9.17) is 4.98 Å². The summed E-state index contributed by atoms with van der Waals surface area (Å²) in [6, 6.07) is 2.19. The molecule has 2 saturated heterocycles. The monoisotopic (exact) mass is 398 g/mol. The number of hydrogen-bond acceptors (Lipinski definition) is 6. The Hall–Kier alpha value is -1.21. The van der Waals surface area contributed by atoms with Crippen LogP contribution in [-0.4, -0.2) is 66.2 Å². The van der Waals surface area contributed by atoms with Gasteiger partial charge in [0, 0.05) is 32.1 Å². The van der Waals surface area contributed by atoms with Gasteiger partial charge >= 0.3 is 0 Å². The van der Waals surface area contributed by atoms with Crippen molar-refractivity contribution in [3.8, 4) is 0 Å². The largest absolute Gasteiger partial charge is 0.368 e. The molecule has 0 aliphatic carbocycles. The highest BCUT2D eigenvalue weighted by Crippen LogP contribution is 2.32. The Bertz CT molecular complexity index is 720.